The molecule has 0 radical (unpaired) electrons. The van der Waals surface area contributed by atoms with Gasteiger partial charge in [-0.2, -0.15) is 0 Å². The van der Waals surface area contributed by atoms with Crippen molar-refractivity contribution in [2.75, 3.05) is 0 Å². The van der Waals surface area contributed by atoms with Crippen LogP contribution >= 0.6 is 0 Å². The lowest BCUT2D eigenvalue weighted by molar-refractivity contribution is -0.139. The Balaban J connectivity index is 0.000000230. The molecular formula is C30H40O6. The maximum atomic E-state index is 11.2. The third-order valence-corrected chi connectivity index (χ3v) is 7.35. The van der Waals surface area contributed by atoms with E-state index in [0.29, 0.717) is 11.1 Å². The number of carbonyl (C=O) groups is 2. The van der Waals surface area contributed by atoms with Gasteiger partial charge in [0.25, 0.3) is 0 Å². The second-order valence-corrected chi connectivity index (χ2v) is 9.95. The van der Waals surface area contributed by atoms with Crippen molar-refractivity contribution in [2.24, 2.45) is 11.8 Å². The number of hydrogen-bond acceptors (Lipinski definition) is 4. The Kier molecular flexibility index (Phi) is 7.37. The first-order chi connectivity index (χ1) is 19.6. The molecule has 36 heavy (non-hydrogen) atoms. The quantitative estimate of drug-likeness (QED) is 0.369. The number of aliphatic hydroxyl groups is 2. The van der Waals surface area contributed by atoms with Gasteiger partial charge in [-0.15, -0.1) is 0 Å². The normalized spacial score (nSPS) is 28.2. The van der Waals surface area contributed by atoms with E-state index in [1.165, 1.54) is 0 Å². The SMILES string of the molecule is [2H][13C]([2H])([2H])C(C(=O)O)c1ccc(C[C@@H]2CCC[C@H]2O)cc1.[2H][13C]([2H])([2H])C(C(=O)O)c1ccc(C[C@H]2CCC[C@@H]2O)cc1. The summed E-state index contributed by atoms with van der Waals surface area (Å²) in [5.41, 5.74) is 2.58. The van der Waals surface area contributed by atoms with E-state index < -0.39 is 37.5 Å². The highest BCUT2D eigenvalue weighted by Gasteiger charge is 2.26. The Labute approximate surface area is 222 Å². The van der Waals surface area contributed by atoms with Crippen LogP contribution in [0.25, 0.3) is 0 Å². The summed E-state index contributed by atoms with van der Waals surface area (Å²) in [6.45, 7) is -5.12. The molecule has 2 saturated carbocycles. The van der Waals surface area contributed by atoms with E-state index in [2.05, 4.69) is 0 Å². The topological polar surface area (TPSA) is 115 Å². The van der Waals surface area contributed by atoms with Crippen LogP contribution in [-0.4, -0.2) is 44.6 Å². The molecule has 2 aromatic rings. The highest BCUT2D eigenvalue weighted by molar-refractivity contribution is 5.75. The van der Waals surface area contributed by atoms with Crippen molar-refractivity contribution in [3.63, 3.8) is 0 Å². The van der Waals surface area contributed by atoms with Gasteiger partial charge in [0.05, 0.1) is 24.0 Å². The van der Waals surface area contributed by atoms with Crippen LogP contribution in [0.15, 0.2) is 48.5 Å². The first-order valence-electron chi connectivity index (χ1n) is 15.6. The van der Waals surface area contributed by atoms with Crippen molar-refractivity contribution in [2.45, 2.75) is 89.1 Å². The van der Waals surface area contributed by atoms with Crippen molar-refractivity contribution < 1.29 is 38.2 Å². The van der Waals surface area contributed by atoms with Gasteiger partial charge >= 0.3 is 11.9 Å². The molecule has 2 fully saturated rings. The van der Waals surface area contributed by atoms with E-state index in [4.69, 9.17) is 18.4 Å². The summed E-state index contributed by atoms with van der Waals surface area (Å²) in [7, 11) is 0. The minimum absolute atomic E-state index is 0.244. The van der Waals surface area contributed by atoms with Crippen LogP contribution in [0.4, 0.5) is 0 Å². The summed E-state index contributed by atoms with van der Waals surface area (Å²) in [6.07, 6.45) is 6.68. The highest BCUT2D eigenvalue weighted by Crippen LogP contribution is 2.30. The molecule has 4 rings (SSSR count). The van der Waals surface area contributed by atoms with Gasteiger partial charge in [-0.3, -0.25) is 9.59 Å². The fourth-order valence-corrected chi connectivity index (χ4v) is 5.09. The van der Waals surface area contributed by atoms with Crippen LogP contribution in [0.2, 0.25) is 0 Å². The van der Waals surface area contributed by atoms with Crippen LogP contribution in [0.1, 0.15) is 94.5 Å². The monoisotopic (exact) mass is 504 g/mol. The van der Waals surface area contributed by atoms with Gasteiger partial charge in [0.2, 0.25) is 0 Å². The molecule has 196 valence electrons. The summed E-state index contributed by atoms with van der Waals surface area (Å²) >= 11 is 0. The zero-order valence-corrected chi connectivity index (χ0v) is 20.3. The zero-order valence-electron chi connectivity index (χ0n) is 26.3. The lowest BCUT2D eigenvalue weighted by atomic mass is 9.94. The van der Waals surface area contributed by atoms with E-state index in [-0.39, 0.29) is 24.0 Å². The second-order valence-electron chi connectivity index (χ2n) is 9.95. The molecule has 0 heterocycles. The first-order valence-corrected chi connectivity index (χ1v) is 12.6. The summed E-state index contributed by atoms with van der Waals surface area (Å²) in [4.78, 5) is 22.3. The molecule has 2 aliphatic rings. The third-order valence-electron chi connectivity index (χ3n) is 7.35. The molecule has 0 bridgehead atoms. The molecule has 6 atom stereocenters. The zero-order chi connectivity index (χ0) is 31.2. The van der Waals surface area contributed by atoms with Gasteiger partial charge < -0.3 is 20.4 Å². The fraction of sp³-hybridized carbons (Fsp3) is 0.533. The van der Waals surface area contributed by atoms with Crippen molar-refractivity contribution in [1.82, 2.24) is 0 Å². The number of carboxylic acid groups (broad SMARTS) is 2. The highest BCUT2D eigenvalue weighted by atomic mass is 16.4. The smallest absolute Gasteiger partial charge is 0.310 e. The maximum Gasteiger partial charge on any atom is 0.310 e. The molecule has 0 amide bonds. The Hall–Kier alpha value is -2.70. The average molecular weight is 505 g/mol. The Bertz CT molecular complexity index is 1090. The lowest BCUT2D eigenvalue weighted by Gasteiger charge is -2.15. The molecule has 2 unspecified atom stereocenters. The van der Waals surface area contributed by atoms with Crippen molar-refractivity contribution in [1.29, 1.82) is 0 Å². The Morgan fingerprint density at radius 2 is 1.08 bits per heavy atom. The molecule has 4 N–H and O–H groups in total. The number of aliphatic hydroxyl groups excluding tert-OH is 2. The van der Waals surface area contributed by atoms with E-state index in [1.807, 2.05) is 0 Å². The van der Waals surface area contributed by atoms with Crippen LogP contribution in [0.5, 0.6) is 0 Å². The minimum atomic E-state index is -2.56. The molecule has 0 saturated heterocycles. The molecular weight excluding hydrogens is 458 g/mol. The van der Waals surface area contributed by atoms with E-state index in [9.17, 15) is 19.8 Å². The van der Waals surface area contributed by atoms with E-state index in [1.54, 1.807) is 48.5 Å². The number of benzene rings is 2. The second kappa shape index (κ2) is 13.0. The summed E-state index contributed by atoms with van der Waals surface area (Å²) < 4.78 is 44.0. The van der Waals surface area contributed by atoms with Gasteiger partial charge in [-0.25, -0.2) is 0 Å². The summed E-state index contributed by atoms with van der Waals surface area (Å²) in [5, 5.41) is 37.8. The molecule has 0 aromatic heterocycles. The van der Waals surface area contributed by atoms with Crippen molar-refractivity contribution in [3.8, 4) is 0 Å². The Morgan fingerprint density at radius 1 is 0.722 bits per heavy atom. The number of hydrogen-bond donors (Lipinski definition) is 4. The van der Waals surface area contributed by atoms with Crippen molar-refractivity contribution in [3.05, 3.63) is 70.8 Å². The maximum absolute atomic E-state index is 11.2. The van der Waals surface area contributed by atoms with E-state index >= 15 is 0 Å². The van der Waals surface area contributed by atoms with Gasteiger partial charge in [-0.05, 0) is 86.3 Å². The predicted octanol–water partition coefficient (Wildman–Crippen LogP) is 5.16. The lowest BCUT2D eigenvalue weighted by Crippen LogP contribution is -2.15. The van der Waals surface area contributed by atoms with Gasteiger partial charge in [0.1, 0.15) is 0 Å². The summed E-state index contributed by atoms with van der Waals surface area (Å²) in [6, 6.07) is 13.3. The fourth-order valence-electron chi connectivity index (χ4n) is 5.09. The first kappa shape index (κ1) is 20.4. The largest absolute Gasteiger partial charge is 0.481 e. The van der Waals surface area contributed by atoms with Gasteiger partial charge in [0.15, 0.2) is 0 Å². The van der Waals surface area contributed by atoms with Crippen LogP contribution < -0.4 is 0 Å². The number of carboxylic acids is 2. The minimum Gasteiger partial charge on any atom is -0.481 e. The molecule has 2 aliphatic carbocycles. The third kappa shape index (κ3) is 7.65. The number of aliphatic carboxylic acids is 2. The molecule has 6 nitrogen and oxygen atoms in total. The molecule has 0 spiro atoms. The number of rotatable bonds is 8. The molecule has 0 aliphatic heterocycles. The standard InChI is InChI=1S/2C15H20O3/c2*1-10(15(17)18)12-7-5-11(6-8-12)9-13-3-2-4-14(13)16/h2*5-8,10,13-14,16H,2-4,9H2,1H3,(H,17,18)/t2*10?,13-,14+/m10/s1/i2*1+1D3. The van der Waals surface area contributed by atoms with Gasteiger partial charge in [0, 0.05) is 8.22 Å². The van der Waals surface area contributed by atoms with Gasteiger partial charge in [-0.1, -0.05) is 61.4 Å². The average Bonchev–Trinajstić information content (AvgIpc) is 3.47. The van der Waals surface area contributed by atoms with Crippen LogP contribution in [0.3, 0.4) is 0 Å². The summed E-state index contributed by atoms with van der Waals surface area (Å²) in [5.74, 6) is -5.18. The van der Waals surface area contributed by atoms with Crippen molar-refractivity contribution >= 4 is 11.9 Å². The Morgan fingerprint density at radius 3 is 1.33 bits per heavy atom. The molecule has 6 heteroatoms. The van der Waals surface area contributed by atoms with Crippen LogP contribution in [0, 0.1) is 11.8 Å². The van der Waals surface area contributed by atoms with E-state index in [0.717, 1.165) is 62.5 Å². The predicted molar refractivity (Wildman–Crippen MR) is 139 cm³/mol. The van der Waals surface area contributed by atoms with Crippen LogP contribution in [-0.2, 0) is 22.4 Å². The molecule has 2 aromatic carbocycles.